The van der Waals surface area contributed by atoms with E-state index in [1.54, 1.807) is 0 Å². The van der Waals surface area contributed by atoms with Gasteiger partial charge in [0, 0.05) is 23.4 Å². The highest BCUT2D eigenvalue weighted by Crippen LogP contribution is 2.56. The maximum atomic E-state index is 13.4. The largest absolute Gasteiger partial charge is 0.464 e. The molecule has 0 bridgehead atoms. The standard InChI is InChI=1S/C19H22N2O2S/c1-13-5-6-15(23-13)12-20-11-14-10-16(17-4-2-9-24-17)21-8-3-7-19(14,21)18(20)22/h2,4-6,9,14,16H,3,7-8,10-12H2,1H3/t14-,16-,19-/m0/s1. The van der Waals surface area contributed by atoms with Gasteiger partial charge in [-0.05, 0) is 56.3 Å². The third-order valence-corrected chi connectivity index (χ3v) is 7.12. The molecule has 0 radical (unpaired) electrons. The van der Waals surface area contributed by atoms with Crippen LogP contribution in [0.4, 0.5) is 0 Å². The van der Waals surface area contributed by atoms with Crippen LogP contribution < -0.4 is 0 Å². The topological polar surface area (TPSA) is 36.7 Å². The predicted octanol–water partition coefficient (Wildman–Crippen LogP) is 3.59. The molecule has 3 aliphatic heterocycles. The van der Waals surface area contributed by atoms with E-state index in [2.05, 4.69) is 22.4 Å². The first-order valence-corrected chi connectivity index (χ1v) is 9.71. The van der Waals surface area contributed by atoms with Crippen molar-refractivity contribution < 1.29 is 9.21 Å². The summed E-state index contributed by atoms with van der Waals surface area (Å²) in [6.45, 7) is 4.49. The highest BCUT2D eigenvalue weighted by molar-refractivity contribution is 7.10. The van der Waals surface area contributed by atoms with Crippen molar-refractivity contribution in [2.24, 2.45) is 5.92 Å². The fourth-order valence-corrected chi connectivity index (χ4v) is 6.08. The molecule has 2 aromatic heterocycles. The molecule has 2 aromatic rings. The van der Waals surface area contributed by atoms with Gasteiger partial charge in [0.05, 0.1) is 6.54 Å². The van der Waals surface area contributed by atoms with E-state index in [9.17, 15) is 4.79 Å². The van der Waals surface area contributed by atoms with E-state index in [1.165, 1.54) is 4.88 Å². The van der Waals surface area contributed by atoms with E-state index in [0.29, 0.717) is 24.4 Å². The zero-order valence-electron chi connectivity index (χ0n) is 13.9. The number of carbonyl (C=O) groups excluding carboxylic acids is 1. The summed E-state index contributed by atoms with van der Waals surface area (Å²) >= 11 is 1.83. The number of aryl methyl sites for hydroxylation is 1. The van der Waals surface area contributed by atoms with E-state index >= 15 is 0 Å². The van der Waals surface area contributed by atoms with Gasteiger partial charge in [-0.3, -0.25) is 9.69 Å². The van der Waals surface area contributed by atoms with Crippen molar-refractivity contribution in [3.63, 3.8) is 0 Å². The molecule has 3 saturated heterocycles. The maximum absolute atomic E-state index is 13.4. The normalized spacial score (nSPS) is 32.5. The lowest BCUT2D eigenvalue weighted by atomic mass is 9.85. The van der Waals surface area contributed by atoms with E-state index in [0.717, 1.165) is 43.9 Å². The Morgan fingerprint density at radius 1 is 1.38 bits per heavy atom. The minimum absolute atomic E-state index is 0.240. The lowest BCUT2D eigenvalue weighted by Crippen LogP contribution is -2.49. The lowest BCUT2D eigenvalue weighted by molar-refractivity contribution is -0.137. The molecule has 1 amide bonds. The maximum Gasteiger partial charge on any atom is 0.243 e. The molecular weight excluding hydrogens is 320 g/mol. The molecule has 5 heteroatoms. The molecule has 1 spiro atoms. The van der Waals surface area contributed by atoms with Crippen LogP contribution in [-0.4, -0.2) is 34.3 Å². The number of rotatable bonds is 3. The summed E-state index contributed by atoms with van der Waals surface area (Å²) in [6, 6.07) is 8.77. The average Bonchev–Trinajstić information content (AvgIpc) is 3.32. The van der Waals surface area contributed by atoms with E-state index in [-0.39, 0.29) is 5.54 Å². The molecule has 0 N–H and O–H groups in total. The Balaban J connectivity index is 1.43. The van der Waals surface area contributed by atoms with E-state index < -0.39 is 0 Å². The second-order valence-electron chi connectivity index (χ2n) is 7.38. The Labute approximate surface area is 146 Å². The number of carbonyl (C=O) groups is 1. The summed E-state index contributed by atoms with van der Waals surface area (Å²) < 4.78 is 5.70. The van der Waals surface area contributed by atoms with Gasteiger partial charge in [0.1, 0.15) is 17.1 Å². The molecule has 0 saturated carbocycles. The molecule has 0 unspecified atom stereocenters. The van der Waals surface area contributed by atoms with Crippen LogP contribution in [0, 0.1) is 12.8 Å². The summed E-state index contributed by atoms with van der Waals surface area (Å²) in [5.41, 5.74) is -0.240. The molecule has 5 rings (SSSR count). The lowest BCUT2D eigenvalue weighted by Gasteiger charge is -2.33. The minimum atomic E-state index is -0.240. The summed E-state index contributed by atoms with van der Waals surface area (Å²) in [4.78, 5) is 19.3. The third kappa shape index (κ3) is 1.91. The van der Waals surface area contributed by atoms with Crippen LogP contribution in [0.15, 0.2) is 34.1 Å². The van der Waals surface area contributed by atoms with Gasteiger partial charge in [-0.2, -0.15) is 0 Å². The Morgan fingerprint density at radius 2 is 2.29 bits per heavy atom. The van der Waals surface area contributed by atoms with Gasteiger partial charge in [0.15, 0.2) is 0 Å². The zero-order chi connectivity index (χ0) is 16.3. The van der Waals surface area contributed by atoms with Crippen molar-refractivity contribution in [1.82, 2.24) is 9.80 Å². The van der Waals surface area contributed by atoms with Crippen LogP contribution in [-0.2, 0) is 11.3 Å². The van der Waals surface area contributed by atoms with Crippen LogP contribution >= 0.6 is 11.3 Å². The zero-order valence-corrected chi connectivity index (χ0v) is 14.7. The van der Waals surface area contributed by atoms with Gasteiger partial charge in [-0.1, -0.05) is 6.07 Å². The molecule has 4 nitrogen and oxygen atoms in total. The Hall–Kier alpha value is -1.59. The summed E-state index contributed by atoms with van der Waals surface area (Å²) in [7, 11) is 0. The molecule has 24 heavy (non-hydrogen) atoms. The van der Waals surface area contributed by atoms with Crippen LogP contribution in [0.2, 0.25) is 0 Å². The van der Waals surface area contributed by atoms with Crippen LogP contribution in [0.5, 0.6) is 0 Å². The van der Waals surface area contributed by atoms with Gasteiger partial charge >= 0.3 is 0 Å². The van der Waals surface area contributed by atoms with Gasteiger partial charge in [0.25, 0.3) is 0 Å². The number of hydrogen-bond acceptors (Lipinski definition) is 4. The second kappa shape index (κ2) is 5.20. The van der Waals surface area contributed by atoms with Crippen molar-refractivity contribution in [2.45, 2.75) is 44.3 Å². The first-order chi connectivity index (χ1) is 11.7. The molecule has 0 aromatic carbocycles. The Bertz CT molecular complexity index is 768. The van der Waals surface area contributed by atoms with E-state index in [1.807, 2.05) is 35.3 Å². The molecular formula is C19H22N2O2S. The highest BCUT2D eigenvalue weighted by Gasteiger charge is 2.65. The van der Waals surface area contributed by atoms with Crippen molar-refractivity contribution in [3.05, 3.63) is 46.0 Å². The number of thiophene rings is 1. The number of nitrogens with zero attached hydrogens (tertiary/aromatic N) is 2. The van der Waals surface area contributed by atoms with Gasteiger partial charge < -0.3 is 9.32 Å². The number of hydrogen-bond donors (Lipinski definition) is 0. The first kappa shape index (κ1) is 14.7. The fourth-order valence-electron chi connectivity index (χ4n) is 5.22. The molecule has 126 valence electrons. The summed E-state index contributed by atoms with van der Waals surface area (Å²) in [5, 5.41) is 2.15. The first-order valence-electron chi connectivity index (χ1n) is 8.83. The van der Waals surface area contributed by atoms with Crippen LogP contribution in [0.25, 0.3) is 0 Å². The Morgan fingerprint density at radius 3 is 3.04 bits per heavy atom. The molecule has 3 fully saturated rings. The molecule has 5 heterocycles. The molecule has 3 atom stereocenters. The minimum Gasteiger partial charge on any atom is -0.464 e. The average molecular weight is 342 g/mol. The Kier molecular flexibility index (Phi) is 3.19. The predicted molar refractivity (Wildman–Crippen MR) is 92.7 cm³/mol. The second-order valence-corrected chi connectivity index (χ2v) is 8.36. The smallest absolute Gasteiger partial charge is 0.243 e. The summed E-state index contributed by atoms with van der Waals surface area (Å²) in [6.07, 6.45) is 3.27. The van der Waals surface area contributed by atoms with Crippen molar-refractivity contribution in [2.75, 3.05) is 13.1 Å². The van der Waals surface area contributed by atoms with Crippen LogP contribution in [0.1, 0.15) is 41.7 Å². The highest BCUT2D eigenvalue weighted by atomic mass is 32.1. The van der Waals surface area contributed by atoms with Crippen molar-refractivity contribution in [1.29, 1.82) is 0 Å². The van der Waals surface area contributed by atoms with E-state index in [4.69, 9.17) is 4.42 Å². The van der Waals surface area contributed by atoms with Crippen molar-refractivity contribution >= 4 is 17.2 Å². The number of amides is 1. The SMILES string of the molecule is Cc1ccc(CN2C[C@@H]3C[C@@H](c4cccs4)N4CCC[C@@]34C2=O)o1. The fraction of sp³-hybridized carbons (Fsp3) is 0.526. The molecule has 3 aliphatic rings. The van der Waals surface area contributed by atoms with Gasteiger partial charge in [-0.25, -0.2) is 0 Å². The summed E-state index contributed by atoms with van der Waals surface area (Å²) in [5.74, 6) is 2.60. The van der Waals surface area contributed by atoms with Crippen molar-refractivity contribution in [3.8, 4) is 0 Å². The number of furan rings is 1. The monoisotopic (exact) mass is 342 g/mol. The van der Waals surface area contributed by atoms with Crippen LogP contribution in [0.3, 0.4) is 0 Å². The van der Waals surface area contributed by atoms with Gasteiger partial charge in [0.2, 0.25) is 5.91 Å². The third-order valence-electron chi connectivity index (χ3n) is 6.14. The number of likely N-dealkylation sites (tertiary alicyclic amines) is 1. The van der Waals surface area contributed by atoms with Gasteiger partial charge in [-0.15, -0.1) is 11.3 Å². The molecule has 0 aliphatic carbocycles. The quantitative estimate of drug-likeness (QED) is 0.855.